The molecular formula is C24H19N3. The van der Waals surface area contributed by atoms with Crippen LogP contribution < -0.4 is 5.32 Å². The highest BCUT2D eigenvalue weighted by Crippen LogP contribution is 2.24. The molecule has 3 nitrogen and oxygen atoms in total. The van der Waals surface area contributed by atoms with E-state index in [0.29, 0.717) is 0 Å². The minimum absolute atomic E-state index is 0.0841. The van der Waals surface area contributed by atoms with E-state index in [0.717, 1.165) is 29.8 Å². The van der Waals surface area contributed by atoms with E-state index in [1.807, 2.05) is 54.6 Å². The van der Waals surface area contributed by atoms with E-state index in [4.69, 9.17) is 10.5 Å². The van der Waals surface area contributed by atoms with Crippen molar-refractivity contribution in [1.29, 1.82) is 10.5 Å². The third kappa shape index (κ3) is 5.08. The van der Waals surface area contributed by atoms with Gasteiger partial charge >= 0.3 is 0 Å². The number of rotatable bonds is 6. The van der Waals surface area contributed by atoms with E-state index in [1.54, 1.807) is 6.08 Å². The lowest BCUT2D eigenvalue weighted by Gasteiger charge is -2.11. The van der Waals surface area contributed by atoms with Crippen LogP contribution in [0.5, 0.6) is 0 Å². The number of nitrogens with zero attached hydrogens (tertiary/aromatic N) is 2. The van der Waals surface area contributed by atoms with Gasteiger partial charge in [-0.1, -0.05) is 60.7 Å². The van der Waals surface area contributed by atoms with Crippen LogP contribution in [0.3, 0.4) is 0 Å². The fourth-order valence-corrected chi connectivity index (χ4v) is 2.88. The number of allylic oxidation sites excluding steroid dienone is 1. The minimum atomic E-state index is 0.0841. The molecule has 0 saturated heterocycles. The average Bonchev–Trinajstić information content (AvgIpc) is 2.73. The number of nitriles is 2. The highest BCUT2D eigenvalue weighted by Gasteiger charge is 2.03. The van der Waals surface area contributed by atoms with E-state index in [2.05, 4.69) is 41.7 Å². The van der Waals surface area contributed by atoms with Crippen molar-refractivity contribution in [2.24, 2.45) is 0 Å². The summed E-state index contributed by atoms with van der Waals surface area (Å²) in [7, 11) is 0. The summed E-state index contributed by atoms with van der Waals surface area (Å²) in [6.07, 6.45) is 3.56. The van der Waals surface area contributed by atoms with Gasteiger partial charge in [-0.05, 0) is 53.8 Å². The number of para-hydroxylation sites is 1. The predicted molar refractivity (Wildman–Crippen MR) is 109 cm³/mol. The van der Waals surface area contributed by atoms with Crippen molar-refractivity contribution in [2.45, 2.75) is 12.8 Å². The number of hydrogen-bond acceptors (Lipinski definition) is 3. The van der Waals surface area contributed by atoms with Gasteiger partial charge in [0.25, 0.3) is 0 Å². The molecule has 0 aliphatic heterocycles. The maximum atomic E-state index is 9.00. The third-order valence-electron chi connectivity index (χ3n) is 4.25. The molecule has 0 unspecified atom stereocenters. The lowest BCUT2D eigenvalue weighted by molar-refractivity contribution is 0.961. The maximum Gasteiger partial charge on any atom is 0.130 e. The first-order valence-electron chi connectivity index (χ1n) is 8.79. The van der Waals surface area contributed by atoms with Gasteiger partial charge in [0.05, 0.1) is 0 Å². The molecule has 130 valence electrons. The molecule has 0 spiro atoms. The zero-order valence-electron chi connectivity index (χ0n) is 14.9. The Labute approximate surface area is 159 Å². The second kappa shape index (κ2) is 9.04. The standard InChI is InChI=1S/C24H19N3/c25-17-21(18-26)15-22-10-4-5-12-24(22)27-23-11-6-9-20(16-23)14-13-19-7-2-1-3-8-19/h1-12,15-16,27H,13-14H2. The van der Waals surface area contributed by atoms with E-state index < -0.39 is 0 Å². The van der Waals surface area contributed by atoms with Crippen LogP contribution in [-0.2, 0) is 12.8 Å². The Hall–Kier alpha value is -3.82. The number of anilines is 2. The summed E-state index contributed by atoms with van der Waals surface area (Å²) in [5.74, 6) is 0. The lowest BCUT2D eigenvalue weighted by atomic mass is 10.0. The van der Waals surface area contributed by atoms with Crippen molar-refractivity contribution in [3.8, 4) is 12.1 Å². The Morgan fingerprint density at radius 3 is 2.22 bits per heavy atom. The van der Waals surface area contributed by atoms with Gasteiger partial charge in [0.15, 0.2) is 0 Å². The molecule has 0 atom stereocenters. The highest BCUT2D eigenvalue weighted by molar-refractivity contribution is 5.75. The second-order valence-corrected chi connectivity index (χ2v) is 6.18. The van der Waals surface area contributed by atoms with Crippen LogP contribution in [0.2, 0.25) is 0 Å². The quantitative estimate of drug-likeness (QED) is 0.585. The van der Waals surface area contributed by atoms with E-state index >= 15 is 0 Å². The van der Waals surface area contributed by atoms with Gasteiger partial charge < -0.3 is 5.32 Å². The largest absolute Gasteiger partial charge is 0.355 e. The fourth-order valence-electron chi connectivity index (χ4n) is 2.88. The zero-order chi connectivity index (χ0) is 18.9. The first kappa shape index (κ1) is 18.0. The van der Waals surface area contributed by atoms with Gasteiger partial charge in [0.2, 0.25) is 0 Å². The first-order chi connectivity index (χ1) is 13.3. The van der Waals surface area contributed by atoms with Crippen LogP contribution in [0.15, 0.2) is 84.4 Å². The lowest BCUT2D eigenvalue weighted by Crippen LogP contribution is -1.96. The van der Waals surface area contributed by atoms with Crippen molar-refractivity contribution in [2.75, 3.05) is 5.32 Å². The molecule has 1 N–H and O–H groups in total. The van der Waals surface area contributed by atoms with Crippen molar-refractivity contribution < 1.29 is 0 Å². The number of aryl methyl sites for hydroxylation is 2. The highest BCUT2D eigenvalue weighted by atomic mass is 14.9. The summed E-state index contributed by atoms with van der Waals surface area (Å²) in [4.78, 5) is 0. The summed E-state index contributed by atoms with van der Waals surface area (Å²) in [5, 5.41) is 21.4. The fraction of sp³-hybridized carbons (Fsp3) is 0.0833. The average molecular weight is 349 g/mol. The van der Waals surface area contributed by atoms with Gasteiger partial charge in [-0.3, -0.25) is 0 Å². The van der Waals surface area contributed by atoms with E-state index in [-0.39, 0.29) is 5.57 Å². The van der Waals surface area contributed by atoms with Gasteiger partial charge in [0, 0.05) is 11.4 Å². The molecule has 0 saturated carbocycles. The SMILES string of the molecule is N#CC(C#N)=Cc1ccccc1Nc1cccc(CCc2ccccc2)c1. The van der Waals surface area contributed by atoms with Crippen molar-refractivity contribution in [3.05, 3.63) is 101 Å². The molecule has 0 amide bonds. The first-order valence-corrected chi connectivity index (χ1v) is 8.79. The molecule has 0 aliphatic rings. The Balaban J connectivity index is 1.76. The van der Waals surface area contributed by atoms with Crippen LogP contribution in [0.1, 0.15) is 16.7 Å². The molecule has 27 heavy (non-hydrogen) atoms. The molecule has 0 fully saturated rings. The molecule has 0 aliphatic carbocycles. The molecule has 0 radical (unpaired) electrons. The number of benzene rings is 3. The van der Waals surface area contributed by atoms with Crippen LogP contribution in [-0.4, -0.2) is 0 Å². The van der Waals surface area contributed by atoms with Gasteiger partial charge in [0.1, 0.15) is 17.7 Å². The Morgan fingerprint density at radius 2 is 1.44 bits per heavy atom. The maximum absolute atomic E-state index is 9.00. The van der Waals surface area contributed by atoms with Gasteiger partial charge in [-0.15, -0.1) is 0 Å². The van der Waals surface area contributed by atoms with Crippen LogP contribution in [0.25, 0.3) is 6.08 Å². The topological polar surface area (TPSA) is 59.6 Å². The summed E-state index contributed by atoms with van der Waals surface area (Å²) < 4.78 is 0. The van der Waals surface area contributed by atoms with Crippen LogP contribution in [0, 0.1) is 22.7 Å². The molecule has 3 aromatic rings. The van der Waals surface area contributed by atoms with Gasteiger partial charge in [-0.25, -0.2) is 0 Å². The summed E-state index contributed by atoms with van der Waals surface area (Å²) in [6.45, 7) is 0. The van der Waals surface area contributed by atoms with Crippen molar-refractivity contribution in [3.63, 3.8) is 0 Å². The smallest absolute Gasteiger partial charge is 0.130 e. The molecule has 0 aromatic heterocycles. The Morgan fingerprint density at radius 1 is 0.778 bits per heavy atom. The van der Waals surface area contributed by atoms with Crippen molar-refractivity contribution >= 4 is 17.5 Å². The normalized spacial score (nSPS) is 9.70. The third-order valence-corrected chi connectivity index (χ3v) is 4.25. The molecule has 3 aromatic carbocycles. The minimum Gasteiger partial charge on any atom is -0.355 e. The zero-order valence-corrected chi connectivity index (χ0v) is 14.9. The molecular weight excluding hydrogens is 330 g/mol. The Bertz CT molecular complexity index is 1010. The summed E-state index contributed by atoms with van der Waals surface area (Å²) in [6, 6.07) is 30.2. The van der Waals surface area contributed by atoms with Crippen LogP contribution >= 0.6 is 0 Å². The van der Waals surface area contributed by atoms with Crippen LogP contribution in [0.4, 0.5) is 11.4 Å². The van der Waals surface area contributed by atoms with E-state index in [1.165, 1.54) is 11.1 Å². The number of hydrogen-bond donors (Lipinski definition) is 1. The second-order valence-electron chi connectivity index (χ2n) is 6.18. The molecule has 0 heterocycles. The summed E-state index contributed by atoms with van der Waals surface area (Å²) in [5.41, 5.74) is 5.32. The molecule has 3 heteroatoms. The monoisotopic (exact) mass is 349 g/mol. The predicted octanol–water partition coefficient (Wildman–Crippen LogP) is 5.65. The molecule has 3 rings (SSSR count). The number of nitrogens with one attached hydrogen (secondary N) is 1. The Kier molecular flexibility index (Phi) is 6.02. The molecule has 0 bridgehead atoms. The van der Waals surface area contributed by atoms with Gasteiger partial charge in [-0.2, -0.15) is 10.5 Å². The van der Waals surface area contributed by atoms with Crippen molar-refractivity contribution in [1.82, 2.24) is 0 Å². The summed E-state index contributed by atoms with van der Waals surface area (Å²) >= 11 is 0. The van der Waals surface area contributed by atoms with E-state index in [9.17, 15) is 0 Å².